The zero-order chi connectivity index (χ0) is 12.3. The first-order chi connectivity index (χ1) is 8.18. The van der Waals surface area contributed by atoms with Crippen molar-refractivity contribution in [2.24, 2.45) is 7.05 Å². The van der Waals surface area contributed by atoms with E-state index in [1.165, 1.54) is 16.8 Å². The average Bonchev–Trinajstić information content (AvgIpc) is 2.87. The molecule has 0 atom stereocenters. The fraction of sp³-hybridized carbons (Fsp3) is 0.462. The molecule has 4 heteroatoms. The maximum Gasteiger partial charge on any atom is 0.0641 e. The van der Waals surface area contributed by atoms with E-state index in [2.05, 4.69) is 41.1 Å². The van der Waals surface area contributed by atoms with E-state index in [1.807, 2.05) is 11.7 Å². The Morgan fingerprint density at radius 2 is 2.24 bits per heavy atom. The first-order valence-corrected chi connectivity index (χ1v) is 6.83. The van der Waals surface area contributed by atoms with Gasteiger partial charge in [0.15, 0.2) is 0 Å². The summed E-state index contributed by atoms with van der Waals surface area (Å²) >= 11 is 1.76. The van der Waals surface area contributed by atoms with Gasteiger partial charge in [0, 0.05) is 24.8 Å². The van der Waals surface area contributed by atoms with E-state index in [0.717, 1.165) is 25.2 Å². The molecule has 1 N–H and O–H groups in total. The molecule has 0 saturated heterocycles. The Morgan fingerprint density at radius 3 is 2.82 bits per heavy atom. The highest BCUT2D eigenvalue weighted by Crippen LogP contribution is 2.11. The molecule has 3 nitrogen and oxygen atoms in total. The van der Waals surface area contributed by atoms with Crippen LogP contribution < -0.4 is 5.32 Å². The Kier molecular flexibility index (Phi) is 3.97. The number of aromatic nitrogens is 2. The lowest BCUT2D eigenvalue weighted by molar-refractivity contribution is 0.679. The van der Waals surface area contributed by atoms with Crippen LogP contribution >= 0.6 is 11.3 Å². The molecule has 0 aromatic carbocycles. The van der Waals surface area contributed by atoms with Gasteiger partial charge in [-0.05, 0) is 49.2 Å². The molecule has 0 aliphatic heterocycles. The van der Waals surface area contributed by atoms with Crippen LogP contribution in [0.3, 0.4) is 0 Å². The van der Waals surface area contributed by atoms with Crippen molar-refractivity contribution in [3.05, 3.63) is 39.3 Å². The number of nitrogens with one attached hydrogen (secondary N) is 1. The molecule has 0 unspecified atom stereocenters. The molecule has 2 aromatic rings. The van der Waals surface area contributed by atoms with E-state index in [9.17, 15) is 0 Å². The molecular weight excluding hydrogens is 230 g/mol. The number of aryl methyl sites for hydroxylation is 2. The largest absolute Gasteiger partial charge is 0.312 e. The van der Waals surface area contributed by atoms with Crippen LogP contribution in [0.5, 0.6) is 0 Å². The molecule has 0 saturated carbocycles. The van der Waals surface area contributed by atoms with Crippen molar-refractivity contribution < 1.29 is 0 Å². The predicted octanol–water partition coefficient (Wildman–Crippen LogP) is 2.43. The molecule has 0 radical (unpaired) electrons. The highest BCUT2D eigenvalue weighted by molar-refractivity contribution is 7.07. The van der Waals surface area contributed by atoms with Crippen molar-refractivity contribution in [3.8, 4) is 0 Å². The maximum absolute atomic E-state index is 4.42. The monoisotopic (exact) mass is 249 g/mol. The van der Waals surface area contributed by atoms with Crippen LogP contribution in [0.15, 0.2) is 16.8 Å². The van der Waals surface area contributed by atoms with Gasteiger partial charge in [-0.1, -0.05) is 0 Å². The van der Waals surface area contributed by atoms with Crippen molar-refractivity contribution >= 4 is 11.3 Å². The van der Waals surface area contributed by atoms with Crippen LogP contribution in [0, 0.1) is 13.8 Å². The number of nitrogens with zero attached hydrogens (tertiary/aromatic N) is 2. The molecule has 2 rings (SSSR count). The quantitative estimate of drug-likeness (QED) is 0.825. The first-order valence-electron chi connectivity index (χ1n) is 5.89. The first kappa shape index (κ1) is 12.3. The Labute approximate surface area is 106 Å². The van der Waals surface area contributed by atoms with Crippen LogP contribution in [0.2, 0.25) is 0 Å². The minimum atomic E-state index is 0.912. The van der Waals surface area contributed by atoms with Gasteiger partial charge in [0.05, 0.1) is 5.69 Å². The van der Waals surface area contributed by atoms with E-state index in [4.69, 9.17) is 0 Å². The molecule has 92 valence electrons. The minimum absolute atomic E-state index is 0.912. The molecule has 2 heterocycles. The van der Waals surface area contributed by atoms with Gasteiger partial charge in [0.2, 0.25) is 0 Å². The zero-order valence-electron chi connectivity index (χ0n) is 10.7. The molecule has 0 spiro atoms. The third-order valence-corrected chi connectivity index (χ3v) is 3.86. The van der Waals surface area contributed by atoms with Gasteiger partial charge in [-0.3, -0.25) is 4.68 Å². The molecule has 0 bridgehead atoms. The summed E-state index contributed by atoms with van der Waals surface area (Å²) in [6, 6.07) is 2.19. The number of hydrogen-bond donors (Lipinski definition) is 1. The van der Waals surface area contributed by atoms with Gasteiger partial charge < -0.3 is 5.32 Å². The second-order valence-electron chi connectivity index (χ2n) is 4.33. The fourth-order valence-electron chi connectivity index (χ4n) is 1.95. The molecule has 0 aliphatic rings. The van der Waals surface area contributed by atoms with Gasteiger partial charge in [0.1, 0.15) is 0 Å². The molecule has 0 fully saturated rings. The lowest BCUT2D eigenvalue weighted by Crippen LogP contribution is -2.17. The summed E-state index contributed by atoms with van der Waals surface area (Å²) in [6.45, 7) is 6.12. The number of rotatable bonds is 5. The van der Waals surface area contributed by atoms with Gasteiger partial charge in [-0.15, -0.1) is 0 Å². The highest BCUT2D eigenvalue weighted by atomic mass is 32.1. The average molecular weight is 249 g/mol. The van der Waals surface area contributed by atoms with Crippen molar-refractivity contribution in [2.75, 3.05) is 6.54 Å². The van der Waals surface area contributed by atoms with Crippen molar-refractivity contribution in [1.82, 2.24) is 15.1 Å². The lowest BCUT2D eigenvalue weighted by atomic mass is 10.2. The summed E-state index contributed by atoms with van der Waals surface area (Å²) in [4.78, 5) is 0. The Morgan fingerprint density at radius 1 is 1.41 bits per heavy atom. The van der Waals surface area contributed by atoms with E-state index in [1.54, 1.807) is 11.3 Å². The van der Waals surface area contributed by atoms with Crippen LogP contribution in [0.1, 0.15) is 22.5 Å². The van der Waals surface area contributed by atoms with Crippen LogP contribution in [0.25, 0.3) is 0 Å². The minimum Gasteiger partial charge on any atom is -0.312 e. The Balaban J connectivity index is 1.82. The normalized spacial score (nSPS) is 11.0. The van der Waals surface area contributed by atoms with Gasteiger partial charge in [0.25, 0.3) is 0 Å². The topological polar surface area (TPSA) is 29.9 Å². The van der Waals surface area contributed by atoms with E-state index < -0.39 is 0 Å². The molecule has 2 aromatic heterocycles. The summed E-state index contributed by atoms with van der Waals surface area (Å²) in [5.41, 5.74) is 5.14. The molecule has 0 amide bonds. The fourth-order valence-corrected chi connectivity index (χ4v) is 2.66. The SMILES string of the molecule is Cc1nn(C)c(C)c1CNCCc1ccsc1. The van der Waals surface area contributed by atoms with Crippen molar-refractivity contribution in [1.29, 1.82) is 0 Å². The van der Waals surface area contributed by atoms with Gasteiger partial charge >= 0.3 is 0 Å². The van der Waals surface area contributed by atoms with Crippen LogP contribution in [-0.2, 0) is 20.0 Å². The smallest absolute Gasteiger partial charge is 0.0641 e. The summed E-state index contributed by atoms with van der Waals surface area (Å²) in [7, 11) is 2.00. The predicted molar refractivity (Wildman–Crippen MR) is 72.4 cm³/mol. The molecule has 17 heavy (non-hydrogen) atoms. The summed E-state index contributed by atoms with van der Waals surface area (Å²) in [6.07, 6.45) is 1.10. The highest BCUT2D eigenvalue weighted by Gasteiger charge is 2.07. The number of hydrogen-bond acceptors (Lipinski definition) is 3. The maximum atomic E-state index is 4.42. The molecule has 0 aliphatic carbocycles. The van der Waals surface area contributed by atoms with Crippen LogP contribution in [-0.4, -0.2) is 16.3 Å². The summed E-state index contributed by atoms with van der Waals surface area (Å²) in [5, 5.41) is 12.2. The van der Waals surface area contributed by atoms with Crippen molar-refractivity contribution in [2.45, 2.75) is 26.8 Å². The third-order valence-electron chi connectivity index (χ3n) is 3.13. The standard InChI is InChI=1S/C13H19N3S/c1-10-13(11(2)16(3)15-10)8-14-6-4-12-5-7-17-9-12/h5,7,9,14H,4,6,8H2,1-3H3. The second-order valence-corrected chi connectivity index (χ2v) is 5.11. The lowest BCUT2D eigenvalue weighted by Gasteiger charge is -2.04. The number of thiophene rings is 1. The van der Waals surface area contributed by atoms with E-state index in [-0.39, 0.29) is 0 Å². The van der Waals surface area contributed by atoms with E-state index >= 15 is 0 Å². The molecular formula is C13H19N3S. The third kappa shape index (κ3) is 2.96. The van der Waals surface area contributed by atoms with Gasteiger partial charge in [-0.25, -0.2) is 0 Å². The summed E-state index contributed by atoms with van der Waals surface area (Å²) < 4.78 is 1.95. The second kappa shape index (κ2) is 5.47. The van der Waals surface area contributed by atoms with Crippen LogP contribution in [0.4, 0.5) is 0 Å². The van der Waals surface area contributed by atoms with Crippen molar-refractivity contribution in [3.63, 3.8) is 0 Å². The Bertz CT molecular complexity index is 471. The van der Waals surface area contributed by atoms with E-state index in [0.29, 0.717) is 0 Å². The van der Waals surface area contributed by atoms with Gasteiger partial charge in [-0.2, -0.15) is 16.4 Å². The summed E-state index contributed by atoms with van der Waals surface area (Å²) in [5.74, 6) is 0. The zero-order valence-corrected chi connectivity index (χ0v) is 11.5. The Hall–Kier alpha value is -1.13.